The number of anilines is 2. The zero-order chi connectivity index (χ0) is 55.9. The average Bonchev–Trinajstić information content (AvgIpc) is 3.30. The van der Waals surface area contributed by atoms with Crippen molar-refractivity contribution in [2.45, 2.75) is 67.5 Å². The van der Waals surface area contributed by atoms with E-state index in [0.717, 1.165) is 54.9 Å². The molecule has 0 aliphatic heterocycles. The molecule has 74 heavy (non-hydrogen) atoms. The Bertz CT molecular complexity index is 3080. The minimum absolute atomic E-state index is 0.0175. The van der Waals surface area contributed by atoms with Gasteiger partial charge < -0.3 is 13.9 Å². The van der Waals surface area contributed by atoms with Crippen molar-refractivity contribution in [3.63, 3.8) is 0 Å². The van der Waals surface area contributed by atoms with Crippen LogP contribution in [-0.2, 0) is 57.6 Å². The fourth-order valence-corrected chi connectivity index (χ4v) is 10.7. The fraction of sp³-hybridized carbons (Fsp3) is 0.356. The lowest BCUT2D eigenvalue weighted by Crippen LogP contribution is -2.41. The first kappa shape index (κ1) is 61.9. The van der Waals surface area contributed by atoms with E-state index in [9.17, 15) is 52.8 Å². The summed E-state index contributed by atoms with van der Waals surface area (Å²) in [5.74, 6) is -1.50. The second-order valence-corrected chi connectivity index (χ2v) is 27.3. The Balaban J connectivity index is 0.000000338. The standard InChI is InChI=1S/C28H32Cl2F3N3O5SSi.C17H16Cl2F3N3O5S/c1-27(2,3)43(5,6)41-12-10-20-13-18(9-11-34-20)26(37)25-24(14-19(29)16-35-25)36(17-40-4)42(38,39)21-7-8-23(30)22(15-21)28(31,32)33;1-24(30-3)16(26)15-14(6-10(18)8-23-15)25(9-29-2)31(27,28)11-4-5-13(19)12(7-11)17(20,21)22/h7-9,11,13-16H,10,12,17H2,1-6H3;4-8H,9H2,1-3H3. The molecule has 0 saturated carbocycles. The van der Waals surface area contributed by atoms with E-state index in [1.165, 1.54) is 39.6 Å². The number of hydrogen-bond acceptors (Lipinski definition) is 13. The number of pyridine rings is 3. The first-order valence-electron chi connectivity index (χ1n) is 21.2. The number of amides is 1. The van der Waals surface area contributed by atoms with Gasteiger partial charge in [-0.25, -0.2) is 40.5 Å². The lowest BCUT2D eigenvalue weighted by atomic mass is 10.1. The maximum atomic E-state index is 13.7. The zero-order valence-corrected chi connectivity index (χ0v) is 46.4. The third kappa shape index (κ3) is 14.8. The Morgan fingerprint density at radius 2 is 1.11 bits per heavy atom. The van der Waals surface area contributed by atoms with Gasteiger partial charge in [-0.15, -0.1) is 0 Å². The highest BCUT2D eigenvalue weighted by molar-refractivity contribution is 7.93. The molecule has 0 aliphatic carbocycles. The van der Waals surface area contributed by atoms with E-state index in [2.05, 4.69) is 48.8 Å². The number of hydroxylamine groups is 2. The number of benzene rings is 2. The highest BCUT2D eigenvalue weighted by Gasteiger charge is 2.40. The molecule has 2 aromatic carbocycles. The van der Waals surface area contributed by atoms with E-state index in [-0.39, 0.29) is 43.4 Å². The maximum absolute atomic E-state index is 13.7. The summed E-state index contributed by atoms with van der Waals surface area (Å²) in [7, 11) is -6.63. The van der Waals surface area contributed by atoms with Crippen molar-refractivity contribution in [2.24, 2.45) is 0 Å². The van der Waals surface area contributed by atoms with Gasteiger partial charge in [0.2, 0.25) is 5.78 Å². The summed E-state index contributed by atoms with van der Waals surface area (Å²) in [6, 6.07) is 9.57. The van der Waals surface area contributed by atoms with Gasteiger partial charge in [-0.05, 0) is 78.8 Å². The fourth-order valence-electron chi connectivity index (χ4n) is 6.12. The van der Waals surface area contributed by atoms with Gasteiger partial charge in [-0.3, -0.25) is 19.4 Å². The average molecular weight is 1180 g/mol. The number of hydrogen-bond donors (Lipinski definition) is 0. The van der Waals surface area contributed by atoms with Crippen molar-refractivity contribution in [1.29, 1.82) is 0 Å². The topological polar surface area (TPSA) is 188 Å². The van der Waals surface area contributed by atoms with Crippen LogP contribution in [0.1, 0.15) is 64.1 Å². The number of nitrogens with zero attached hydrogens (tertiary/aromatic N) is 6. The predicted octanol–water partition coefficient (Wildman–Crippen LogP) is 11.2. The van der Waals surface area contributed by atoms with Crippen LogP contribution in [0, 0.1) is 0 Å². The number of carbonyl (C=O) groups is 2. The van der Waals surface area contributed by atoms with Gasteiger partial charge in [0.15, 0.2) is 14.0 Å². The first-order chi connectivity index (χ1) is 34.1. The summed E-state index contributed by atoms with van der Waals surface area (Å²) in [6.45, 7) is 9.71. The maximum Gasteiger partial charge on any atom is 0.417 e. The summed E-state index contributed by atoms with van der Waals surface area (Å²) >= 11 is 23.4. The van der Waals surface area contributed by atoms with Gasteiger partial charge >= 0.3 is 12.4 Å². The first-order valence-corrected chi connectivity index (χ1v) is 28.5. The van der Waals surface area contributed by atoms with Crippen molar-refractivity contribution in [3.05, 3.63) is 133 Å². The minimum atomic E-state index is -4.91. The van der Waals surface area contributed by atoms with Crippen molar-refractivity contribution in [1.82, 2.24) is 20.0 Å². The normalized spacial score (nSPS) is 12.5. The molecule has 16 nitrogen and oxygen atoms in total. The Morgan fingerprint density at radius 3 is 1.53 bits per heavy atom. The zero-order valence-electron chi connectivity index (χ0n) is 40.7. The van der Waals surface area contributed by atoms with Gasteiger partial charge in [0.1, 0.15) is 19.2 Å². The van der Waals surface area contributed by atoms with Crippen molar-refractivity contribution < 1.29 is 71.5 Å². The lowest BCUT2D eigenvalue weighted by Gasteiger charge is -2.36. The number of aromatic nitrogens is 3. The van der Waals surface area contributed by atoms with Gasteiger partial charge in [0.25, 0.3) is 26.0 Å². The molecule has 0 atom stereocenters. The number of alkyl halides is 6. The number of rotatable bonds is 18. The van der Waals surface area contributed by atoms with E-state index in [1.807, 2.05) is 0 Å². The molecular weight excluding hydrogens is 1130 g/mol. The number of halogens is 10. The molecule has 404 valence electrons. The van der Waals surface area contributed by atoms with Crippen LogP contribution in [0.4, 0.5) is 37.7 Å². The summed E-state index contributed by atoms with van der Waals surface area (Å²) in [4.78, 5) is 41.9. The number of sulfonamides is 2. The number of methoxy groups -OCH3 is 2. The quantitative estimate of drug-likeness (QED) is 0.0265. The molecule has 0 radical (unpaired) electrons. The van der Waals surface area contributed by atoms with E-state index < -0.39 is 96.8 Å². The van der Waals surface area contributed by atoms with Gasteiger partial charge in [0.05, 0.1) is 59.5 Å². The van der Waals surface area contributed by atoms with E-state index >= 15 is 0 Å². The van der Waals surface area contributed by atoms with Crippen LogP contribution in [0.2, 0.25) is 38.2 Å². The van der Waals surface area contributed by atoms with Crippen molar-refractivity contribution in [3.8, 4) is 0 Å². The smallest absolute Gasteiger partial charge is 0.416 e. The molecule has 0 bridgehead atoms. The largest absolute Gasteiger partial charge is 0.417 e. The van der Waals surface area contributed by atoms with Crippen molar-refractivity contribution in [2.75, 3.05) is 57.1 Å². The molecule has 0 saturated heterocycles. The van der Waals surface area contributed by atoms with Crippen LogP contribution in [0.15, 0.2) is 89.0 Å². The Morgan fingerprint density at radius 1 is 0.662 bits per heavy atom. The van der Waals surface area contributed by atoms with Gasteiger partial charge in [-0.2, -0.15) is 26.3 Å². The van der Waals surface area contributed by atoms with Crippen molar-refractivity contribution >= 4 is 97.8 Å². The highest BCUT2D eigenvalue weighted by atomic mass is 35.5. The Kier molecular flexibility index (Phi) is 20.5. The molecule has 3 aromatic heterocycles. The number of ketones is 1. The van der Waals surface area contributed by atoms with Crippen LogP contribution in [0.3, 0.4) is 0 Å². The molecule has 1 amide bonds. The van der Waals surface area contributed by atoms with E-state index in [1.54, 1.807) is 6.07 Å². The molecule has 0 spiro atoms. The number of carbonyl (C=O) groups excluding carboxylic acids is 2. The summed E-state index contributed by atoms with van der Waals surface area (Å²) in [6.07, 6.45) is -5.67. The third-order valence-electron chi connectivity index (χ3n) is 11.0. The lowest BCUT2D eigenvalue weighted by molar-refractivity contribution is -0.138. The van der Waals surface area contributed by atoms with Gasteiger partial charge in [0, 0.05) is 64.1 Å². The number of ether oxygens (including phenoxy) is 2. The third-order valence-corrected chi connectivity index (χ3v) is 20.1. The molecular formula is C45H48Cl4F6N6O10S2Si. The van der Waals surface area contributed by atoms with Crippen LogP contribution in [0.25, 0.3) is 0 Å². The van der Waals surface area contributed by atoms with Crippen LogP contribution in [0.5, 0.6) is 0 Å². The summed E-state index contributed by atoms with van der Waals surface area (Å²) < 4.78 is 152. The summed E-state index contributed by atoms with van der Waals surface area (Å²) in [5.41, 5.74) is -3.27. The van der Waals surface area contributed by atoms with Gasteiger partial charge in [-0.1, -0.05) is 67.2 Å². The molecule has 3 heterocycles. The summed E-state index contributed by atoms with van der Waals surface area (Å²) in [5, 5.41) is -0.603. The second kappa shape index (κ2) is 24.5. The van der Waals surface area contributed by atoms with E-state index in [0.29, 0.717) is 39.5 Å². The SMILES string of the molecule is COCN(c1cc(Cl)cnc1C(=O)N(C)OC)S(=O)(=O)c1ccc(Cl)c(C(F)(F)F)c1.COCN(c1cc(Cl)cnc1C(=O)c1ccnc(CCO[Si](C)(C)C(C)(C)C)c1)S(=O)(=O)c1ccc(Cl)c(C(F)(F)F)c1. The second-order valence-electron chi connectivity index (χ2n) is 17.1. The molecule has 0 unspecified atom stereocenters. The molecule has 5 rings (SSSR count). The minimum Gasteiger partial charge on any atom is -0.416 e. The monoisotopic (exact) mass is 1180 g/mol. The molecule has 5 aromatic rings. The van der Waals surface area contributed by atoms with Crippen LogP contribution >= 0.6 is 46.4 Å². The van der Waals surface area contributed by atoms with Crippen LogP contribution in [-0.4, -0.2) is 105 Å². The Labute approximate surface area is 444 Å². The molecule has 0 fully saturated rings. The highest BCUT2D eigenvalue weighted by Crippen LogP contribution is 2.40. The molecule has 29 heteroatoms. The van der Waals surface area contributed by atoms with Crippen LogP contribution < -0.4 is 8.61 Å². The van der Waals surface area contributed by atoms with E-state index in [4.69, 9.17) is 65.1 Å². The molecule has 0 aliphatic rings. The Hall–Kier alpha value is -4.67. The predicted molar refractivity (Wildman–Crippen MR) is 268 cm³/mol. The molecule has 0 N–H and O–H groups in total.